The zero-order chi connectivity index (χ0) is 8.81. The molecular formula is C11H10S. The summed E-state index contributed by atoms with van der Waals surface area (Å²) in [6, 6.07) is 7.95. The lowest BCUT2D eigenvalue weighted by Gasteiger charge is -1.92. The summed E-state index contributed by atoms with van der Waals surface area (Å²) in [5.74, 6) is 6.49. The Hall–Kier alpha value is -1.13. The third kappa shape index (κ3) is 2.48. The second-order valence-corrected chi connectivity index (χ2v) is 2.61. The van der Waals surface area contributed by atoms with Gasteiger partial charge >= 0.3 is 0 Å². The Kier molecular flexibility index (Phi) is 3.50. The van der Waals surface area contributed by atoms with Gasteiger partial charge in [0.25, 0.3) is 0 Å². The largest absolute Gasteiger partial charge is 0.166 e. The summed E-state index contributed by atoms with van der Waals surface area (Å²) >= 11 is 4.01. The molecule has 1 aromatic carbocycles. The average molecular weight is 174 g/mol. The lowest BCUT2D eigenvalue weighted by molar-refractivity contribution is 1.61. The number of hydrogen-bond donors (Lipinski definition) is 1. The second kappa shape index (κ2) is 4.69. The zero-order valence-corrected chi connectivity index (χ0v) is 7.64. The summed E-state index contributed by atoms with van der Waals surface area (Å²) in [5, 5.41) is 0. The summed E-state index contributed by atoms with van der Waals surface area (Å²) in [6.07, 6.45) is 1.81. The van der Waals surface area contributed by atoms with E-state index in [9.17, 15) is 0 Å². The first kappa shape index (κ1) is 8.96. The van der Waals surface area contributed by atoms with Crippen LogP contribution in [0.3, 0.4) is 0 Å². The SMILES string of the molecule is C=Cc1cccc(C#CCS)c1. The van der Waals surface area contributed by atoms with Gasteiger partial charge in [-0.25, -0.2) is 0 Å². The number of rotatable bonds is 1. The van der Waals surface area contributed by atoms with E-state index in [0.29, 0.717) is 5.75 Å². The van der Waals surface area contributed by atoms with E-state index in [1.165, 1.54) is 0 Å². The van der Waals surface area contributed by atoms with E-state index >= 15 is 0 Å². The Morgan fingerprint density at radius 1 is 1.50 bits per heavy atom. The molecule has 0 amide bonds. The first-order valence-corrected chi connectivity index (χ1v) is 4.32. The zero-order valence-electron chi connectivity index (χ0n) is 6.75. The third-order valence-electron chi connectivity index (χ3n) is 1.43. The van der Waals surface area contributed by atoms with Crippen molar-refractivity contribution in [3.63, 3.8) is 0 Å². The minimum Gasteiger partial charge on any atom is -0.166 e. The molecule has 0 bridgehead atoms. The molecule has 0 N–H and O–H groups in total. The molecule has 0 nitrogen and oxygen atoms in total. The Balaban J connectivity index is 2.93. The number of benzene rings is 1. The standard InChI is InChI=1S/C11H10S/c1-2-10-5-3-6-11(9-10)7-4-8-12/h2-3,5-6,9,12H,1,8H2. The van der Waals surface area contributed by atoms with Gasteiger partial charge in [-0.05, 0) is 17.7 Å². The Labute approximate surface area is 78.7 Å². The summed E-state index contributed by atoms with van der Waals surface area (Å²) in [6.45, 7) is 3.69. The fourth-order valence-corrected chi connectivity index (χ4v) is 0.964. The molecular weight excluding hydrogens is 164 g/mol. The van der Waals surface area contributed by atoms with Crippen LogP contribution in [0.4, 0.5) is 0 Å². The minimum atomic E-state index is 0.596. The highest BCUT2D eigenvalue weighted by molar-refractivity contribution is 7.80. The van der Waals surface area contributed by atoms with E-state index in [1.807, 2.05) is 30.3 Å². The number of thiol groups is 1. The fourth-order valence-electron chi connectivity index (χ4n) is 0.885. The van der Waals surface area contributed by atoms with Crippen molar-refractivity contribution < 1.29 is 0 Å². The normalized spacial score (nSPS) is 8.42. The molecule has 0 aliphatic carbocycles. The van der Waals surface area contributed by atoms with Gasteiger partial charge in [-0.3, -0.25) is 0 Å². The summed E-state index contributed by atoms with van der Waals surface area (Å²) in [4.78, 5) is 0. The first-order chi connectivity index (χ1) is 5.86. The minimum absolute atomic E-state index is 0.596. The van der Waals surface area contributed by atoms with Crippen LogP contribution in [0.25, 0.3) is 6.08 Å². The predicted molar refractivity (Wildman–Crippen MR) is 57.3 cm³/mol. The van der Waals surface area contributed by atoms with E-state index in [0.717, 1.165) is 11.1 Å². The first-order valence-electron chi connectivity index (χ1n) is 3.69. The molecule has 0 spiro atoms. The van der Waals surface area contributed by atoms with Gasteiger partial charge in [-0.1, -0.05) is 36.6 Å². The molecule has 0 aliphatic heterocycles. The van der Waals surface area contributed by atoms with Crippen molar-refractivity contribution in [3.8, 4) is 11.8 Å². The van der Waals surface area contributed by atoms with E-state index in [4.69, 9.17) is 0 Å². The van der Waals surface area contributed by atoms with Crippen molar-refractivity contribution in [1.82, 2.24) is 0 Å². The molecule has 1 rings (SSSR count). The van der Waals surface area contributed by atoms with Crippen LogP contribution < -0.4 is 0 Å². The average Bonchev–Trinajstić information content (AvgIpc) is 2.15. The molecule has 1 aromatic rings. The Morgan fingerprint density at radius 3 is 3.00 bits per heavy atom. The molecule has 0 saturated carbocycles. The lowest BCUT2D eigenvalue weighted by Crippen LogP contribution is -1.76. The molecule has 1 heteroatoms. The summed E-state index contributed by atoms with van der Waals surface area (Å²) in [5.41, 5.74) is 2.11. The highest BCUT2D eigenvalue weighted by atomic mass is 32.1. The van der Waals surface area contributed by atoms with Crippen LogP contribution in [0.1, 0.15) is 11.1 Å². The van der Waals surface area contributed by atoms with Crippen molar-refractivity contribution in [2.75, 3.05) is 5.75 Å². The van der Waals surface area contributed by atoms with E-state index < -0.39 is 0 Å². The van der Waals surface area contributed by atoms with Crippen LogP contribution in [0.15, 0.2) is 30.8 Å². The quantitative estimate of drug-likeness (QED) is 0.491. The predicted octanol–water partition coefficient (Wildman–Crippen LogP) is 2.61. The number of hydrogen-bond acceptors (Lipinski definition) is 1. The van der Waals surface area contributed by atoms with Gasteiger partial charge in [0.15, 0.2) is 0 Å². The lowest BCUT2D eigenvalue weighted by atomic mass is 10.1. The monoisotopic (exact) mass is 174 g/mol. The highest BCUT2D eigenvalue weighted by Crippen LogP contribution is 2.04. The molecule has 60 valence electrons. The Bertz CT molecular complexity index is 328. The maximum atomic E-state index is 4.01. The van der Waals surface area contributed by atoms with Crippen LogP contribution in [0.5, 0.6) is 0 Å². The van der Waals surface area contributed by atoms with Crippen LogP contribution in [0.2, 0.25) is 0 Å². The van der Waals surface area contributed by atoms with E-state index in [2.05, 4.69) is 31.0 Å². The maximum Gasteiger partial charge on any atom is 0.0521 e. The molecule has 0 unspecified atom stereocenters. The van der Waals surface area contributed by atoms with Gasteiger partial charge in [-0.15, -0.1) is 0 Å². The highest BCUT2D eigenvalue weighted by Gasteiger charge is 1.86. The molecule has 0 atom stereocenters. The molecule has 0 aliphatic rings. The van der Waals surface area contributed by atoms with Gasteiger partial charge in [0.05, 0.1) is 5.75 Å². The summed E-state index contributed by atoms with van der Waals surface area (Å²) in [7, 11) is 0. The van der Waals surface area contributed by atoms with Crippen LogP contribution >= 0.6 is 12.6 Å². The van der Waals surface area contributed by atoms with Crippen molar-refractivity contribution >= 4 is 18.7 Å². The van der Waals surface area contributed by atoms with Gasteiger partial charge < -0.3 is 0 Å². The second-order valence-electron chi connectivity index (χ2n) is 2.29. The molecule has 0 saturated heterocycles. The molecule has 12 heavy (non-hydrogen) atoms. The van der Waals surface area contributed by atoms with Crippen molar-refractivity contribution in [2.24, 2.45) is 0 Å². The molecule has 0 aromatic heterocycles. The third-order valence-corrected chi connectivity index (χ3v) is 1.59. The van der Waals surface area contributed by atoms with Crippen molar-refractivity contribution in [3.05, 3.63) is 42.0 Å². The Morgan fingerprint density at radius 2 is 2.33 bits per heavy atom. The van der Waals surface area contributed by atoms with Crippen molar-refractivity contribution in [1.29, 1.82) is 0 Å². The van der Waals surface area contributed by atoms with Crippen LogP contribution in [-0.2, 0) is 0 Å². The van der Waals surface area contributed by atoms with Gasteiger partial charge in [0, 0.05) is 5.56 Å². The van der Waals surface area contributed by atoms with Gasteiger partial charge in [-0.2, -0.15) is 12.6 Å². The smallest absolute Gasteiger partial charge is 0.0521 e. The van der Waals surface area contributed by atoms with Crippen LogP contribution in [-0.4, -0.2) is 5.75 Å². The maximum absolute atomic E-state index is 4.01. The summed E-state index contributed by atoms with van der Waals surface area (Å²) < 4.78 is 0. The fraction of sp³-hybridized carbons (Fsp3) is 0.0909. The van der Waals surface area contributed by atoms with E-state index in [1.54, 1.807) is 0 Å². The van der Waals surface area contributed by atoms with Crippen LogP contribution in [0, 0.1) is 11.8 Å². The van der Waals surface area contributed by atoms with E-state index in [-0.39, 0.29) is 0 Å². The van der Waals surface area contributed by atoms with Crippen molar-refractivity contribution in [2.45, 2.75) is 0 Å². The topological polar surface area (TPSA) is 0 Å². The van der Waals surface area contributed by atoms with Gasteiger partial charge in [0.2, 0.25) is 0 Å². The molecule has 0 radical (unpaired) electrons. The molecule has 0 fully saturated rings. The molecule has 0 heterocycles. The van der Waals surface area contributed by atoms with Gasteiger partial charge in [0.1, 0.15) is 0 Å².